The Hall–Kier alpha value is -2.44. The van der Waals surface area contributed by atoms with Gasteiger partial charge in [-0.15, -0.1) is 0 Å². The van der Waals surface area contributed by atoms with Gasteiger partial charge in [0.15, 0.2) is 0 Å². The Morgan fingerprint density at radius 3 is 2.87 bits per heavy atom. The van der Waals surface area contributed by atoms with Crippen LogP contribution in [-0.2, 0) is 11.3 Å². The Bertz CT molecular complexity index is 1060. The van der Waals surface area contributed by atoms with Gasteiger partial charge in [0.25, 0.3) is 0 Å². The van der Waals surface area contributed by atoms with Crippen LogP contribution >= 0.6 is 11.6 Å². The first-order chi connectivity index (χ1) is 14.4. The van der Waals surface area contributed by atoms with Crippen molar-refractivity contribution >= 4 is 34.2 Å². The van der Waals surface area contributed by atoms with Gasteiger partial charge in [0.05, 0.1) is 28.5 Å². The Morgan fingerprint density at radius 2 is 2.10 bits per heavy atom. The number of nitrogens with zero attached hydrogens (tertiary/aromatic N) is 3. The fourth-order valence-electron chi connectivity index (χ4n) is 4.21. The van der Waals surface area contributed by atoms with Gasteiger partial charge >= 0.3 is 0 Å². The van der Waals surface area contributed by atoms with Crippen LogP contribution in [0.2, 0.25) is 5.02 Å². The Morgan fingerprint density at radius 1 is 1.30 bits per heavy atom. The summed E-state index contributed by atoms with van der Waals surface area (Å²) in [6.07, 6.45) is 1.78. The number of rotatable bonds is 5. The van der Waals surface area contributed by atoms with Gasteiger partial charge < -0.3 is 9.88 Å². The second-order valence-corrected chi connectivity index (χ2v) is 8.58. The molecule has 158 valence electrons. The van der Waals surface area contributed by atoms with E-state index in [0.717, 1.165) is 36.2 Å². The summed E-state index contributed by atoms with van der Waals surface area (Å²) in [5.74, 6) is 0.350. The summed E-state index contributed by atoms with van der Waals surface area (Å²) in [6, 6.07) is 12.7. The Balaban J connectivity index is 1.46. The molecule has 1 amide bonds. The van der Waals surface area contributed by atoms with Gasteiger partial charge in [-0.3, -0.25) is 9.69 Å². The fraction of sp³-hybridized carbons (Fsp3) is 0.391. The number of nitrogens with one attached hydrogen (secondary N) is 1. The van der Waals surface area contributed by atoms with Gasteiger partial charge in [-0.05, 0) is 63.6 Å². The summed E-state index contributed by atoms with van der Waals surface area (Å²) >= 11 is 5.83. The van der Waals surface area contributed by atoms with E-state index >= 15 is 0 Å². The van der Waals surface area contributed by atoms with Crippen molar-refractivity contribution < 1.29 is 9.18 Å². The number of imidazole rings is 1. The number of aromatic nitrogens is 2. The number of para-hydroxylation sites is 2. The zero-order valence-corrected chi connectivity index (χ0v) is 18.0. The SMILES string of the molecule is CC(C)n1c(CN2CCC[C@H](C(=O)Nc3ccc(F)c(Cl)c3)C2)nc2ccccc21. The fourth-order valence-corrected chi connectivity index (χ4v) is 4.39. The van der Waals surface area contributed by atoms with Crippen LogP contribution in [0.4, 0.5) is 10.1 Å². The van der Waals surface area contributed by atoms with Crippen molar-refractivity contribution in [3.05, 3.63) is 59.1 Å². The lowest BCUT2D eigenvalue weighted by Crippen LogP contribution is -2.40. The molecule has 0 bridgehead atoms. The smallest absolute Gasteiger partial charge is 0.228 e. The van der Waals surface area contributed by atoms with Gasteiger partial charge in [-0.25, -0.2) is 9.37 Å². The van der Waals surface area contributed by atoms with Gasteiger partial charge in [0.1, 0.15) is 11.6 Å². The molecular formula is C23H26ClFN4O. The van der Waals surface area contributed by atoms with Gasteiger partial charge in [0.2, 0.25) is 5.91 Å². The number of piperidine rings is 1. The summed E-state index contributed by atoms with van der Waals surface area (Å²) in [5.41, 5.74) is 2.66. The summed E-state index contributed by atoms with van der Waals surface area (Å²) < 4.78 is 15.6. The normalized spacial score (nSPS) is 17.6. The molecule has 2 aromatic carbocycles. The minimum Gasteiger partial charge on any atom is -0.326 e. The highest BCUT2D eigenvalue weighted by molar-refractivity contribution is 6.31. The topological polar surface area (TPSA) is 50.2 Å². The number of hydrogen-bond donors (Lipinski definition) is 1. The quantitative estimate of drug-likeness (QED) is 0.603. The predicted molar refractivity (Wildman–Crippen MR) is 118 cm³/mol. The summed E-state index contributed by atoms with van der Waals surface area (Å²) in [7, 11) is 0. The Kier molecular flexibility index (Phi) is 6.06. The molecule has 0 unspecified atom stereocenters. The Labute approximate surface area is 180 Å². The van der Waals surface area contributed by atoms with Crippen LogP contribution in [0.1, 0.15) is 38.6 Å². The monoisotopic (exact) mass is 428 g/mol. The second kappa shape index (κ2) is 8.74. The van der Waals surface area contributed by atoms with Crippen molar-refractivity contribution in [2.45, 2.75) is 39.3 Å². The van der Waals surface area contributed by atoms with E-state index in [1.165, 1.54) is 18.2 Å². The predicted octanol–water partition coefficient (Wildman–Crippen LogP) is 5.26. The van der Waals surface area contributed by atoms with E-state index in [1.807, 2.05) is 18.2 Å². The number of likely N-dealkylation sites (tertiary alicyclic amines) is 1. The largest absolute Gasteiger partial charge is 0.326 e. The molecule has 1 saturated heterocycles. The average Bonchev–Trinajstić information content (AvgIpc) is 3.09. The van der Waals surface area contributed by atoms with E-state index in [0.29, 0.717) is 24.8 Å². The maximum absolute atomic E-state index is 13.4. The van der Waals surface area contributed by atoms with E-state index in [9.17, 15) is 9.18 Å². The molecule has 30 heavy (non-hydrogen) atoms. The molecule has 0 radical (unpaired) electrons. The molecule has 4 rings (SSSR count). The van der Waals surface area contributed by atoms with Crippen LogP contribution in [0, 0.1) is 11.7 Å². The maximum Gasteiger partial charge on any atom is 0.228 e. The van der Waals surface area contributed by atoms with Crippen molar-refractivity contribution in [2.75, 3.05) is 18.4 Å². The van der Waals surface area contributed by atoms with E-state index in [1.54, 1.807) is 0 Å². The zero-order chi connectivity index (χ0) is 21.3. The molecule has 3 aromatic rings. The number of carbonyl (C=O) groups excluding carboxylic acids is 1. The van der Waals surface area contributed by atoms with Crippen LogP contribution in [-0.4, -0.2) is 33.4 Å². The molecule has 1 aromatic heterocycles. The van der Waals surface area contributed by atoms with E-state index < -0.39 is 5.82 Å². The van der Waals surface area contributed by atoms with Crippen LogP contribution in [0.5, 0.6) is 0 Å². The minimum absolute atomic E-state index is 0.00524. The first-order valence-corrected chi connectivity index (χ1v) is 10.7. The third kappa shape index (κ3) is 4.35. The minimum atomic E-state index is -0.494. The maximum atomic E-state index is 13.4. The van der Waals surface area contributed by atoms with Crippen molar-refractivity contribution in [2.24, 2.45) is 5.92 Å². The molecule has 1 aliphatic rings. The molecular weight excluding hydrogens is 403 g/mol. The first-order valence-electron chi connectivity index (χ1n) is 10.4. The highest BCUT2D eigenvalue weighted by Crippen LogP contribution is 2.25. The third-order valence-corrected chi connectivity index (χ3v) is 5.90. The summed E-state index contributed by atoms with van der Waals surface area (Å²) in [6.45, 7) is 6.64. The lowest BCUT2D eigenvalue weighted by molar-refractivity contribution is -0.121. The first kappa shape index (κ1) is 20.8. The van der Waals surface area contributed by atoms with Crippen LogP contribution in [0.25, 0.3) is 11.0 Å². The lowest BCUT2D eigenvalue weighted by atomic mass is 9.97. The summed E-state index contributed by atoms with van der Waals surface area (Å²) in [4.78, 5) is 19.9. The van der Waals surface area contributed by atoms with Gasteiger partial charge in [0, 0.05) is 18.3 Å². The molecule has 2 heterocycles. The standard InChI is InChI=1S/C23H26ClFN4O/c1-15(2)29-21-8-4-3-7-20(21)27-22(29)14-28-11-5-6-16(13-28)23(30)26-17-9-10-19(25)18(24)12-17/h3-4,7-10,12,15-16H,5-6,11,13-14H2,1-2H3,(H,26,30)/t16-/m0/s1. The number of hydrogen-bond acceptors (Lipinski definition) is 3. The zero-order valence-electron chi connectivity index (χ0n) is 17.2. The molecule has 1 atom stereocenters. The molecule has 7 heteroatoms. The summed E-state index contributed by atoms with van der Waals surface area (Å²) in [5, 5.41) is 2.88. The number of halogens is 2. The van der Waals surface area contributed by atoms with Gasteiger partial charge in [-0.1, -0.05) is 23.7 Å². The molecule has 5 nitrogen and oxygen atoms in total. The second-order valence-electron chi connectivity index (χ2n) is 8.17. The number of anilines is 1. The van der Waals surface area contributed by atoms with Crippen LogP contribution < -0.4 is 5.32 Å². The number of benzene rings is 2. The molecule has 0 saturated carbocycles. The van der Waals surface area contributed by atoms with Crippen molar-refractivity contribution in [1.82, 2.24) is 14.5 Å². The van der Waals surface area contributed by atoms with E-state index in [4.69, 9.17) is 16.6 Å². The number of fused-ring (bicyclic) bond motifs is 1. The molecule has 1 aliphatic heterocycles. The molecule has 1 fully saturated rings. The van der Waals surface area contributed by atoms with Crippen molar-refractivity contribution in [3.8, 4) is 0 Å². The number of amides is 1. The van der Waals surface area contributed by atoms with Crippen LogP contribution in [0.15, 0.2) is 42.5 Å². The van der Waals surface area contributed by atoms with Crippen molar-refractivity contribution in [1.29, 1.82) is 0 Å². The van der Waals surface area contributed by atoms with Gasteiger partial charge in [-0.2, -0.15) is 0 Å². The highest BCUT2D eigenvalue weighted by atomic mass is 35.5. The molecule has 0 aliphatic carbocycles. The molecule has 0 spiro atoms. The van der Waals surface area contributed by atoms with Crippen molar-refractivity contribution in [3.63, 3.8) is 0 Å². The highest BCUT2D eigenvalue weighted by Gasteiger charge is 2.27. The lowest BCUT2D eigenvalue weighted by Gasteiger charge is -2.32. The third-order valence-electron chi connectivity index (χ3n) is 5.61. The van der Waals surface area contributed by atoms with E-state index in [-0.39, 0.29) is 16.8 Å². The molecule has 1 N–H and O–H groups in total. The van der Waals surface area contributed by atoms with Crippen LogP contribution in [0.3, 0.4) is 0 Å². The average molecular weight is 429 g/mol. The van der Waals surface area contributed by atoms with E-state index in [2.05, 4.69) is 34.7 Å². The number of carbonyl (C=O) groups is 1.